The highest BCUT2D eigenvalue weighted by Crippen LogP contribution is 2.28. The molecule has 2 saturated heterocycles. The second kappa shape index (κ2) is 6.58. The highest BCUT2D eigenvalue weighted by molar-refractivity contribution is 7.99. The summed E-state index contributed by atoms with van der Waals surface area (Å²) >= 11 is 1.71. The summed E-state index contributed by atoms with van der Waals surface area (Å²) in [5.74, 6) is 1.07. The molecule has 3 heterocycles. The second-order valence-corrected chi connectivity index (χ2v) is 6.52. The van der Waals surface area contributed by atoms with Crippen LogP contribution in [0.3, 0.4) is 0 Å². The van der Waals surface area contributed by atoms with E-state index in [1.165, 1.54) is 19.3 Å². The lowest BCUT2D eigenvalue weighted by Crippen LogP contribution is -2.31. The monoisotopic (exact) mass is 295 g/mol. The van der Waals surface area contributed by atoms with Gasteiger partial charge < -0.3 is 15.4 Å². The van der Waals surface area contributed by atoms with Crippen LogP contribution in [-0.4, -0.2) is 46.5 Å². The van der Waals surface area contributed by atoms with E-state index in [2.05, 4.69) is 19.9 Å². The van der Waals surface area contributed by atoms with Gasteiger partial charge in [-0.05, 0) is 32.1 Å². The minimum Gasteiger partial charge on any atom is -0.381 e. The fourth-order valence-electron chi connectivity index (χ4n) is 2.59. The zero-order chi connectivity index (χ0) is 13.8. The Labute approximate surface area is 123 Å². The van der Waals surface area contributed by atoms with E-state index in [-0.39, 0.29) is 0 Å². The first-order valence-electron chi connectivity index (χ1n) is 7.32. The SMILES string of the molecule is Nc1nc(SC2CCOCC2)nc(N2CCCCC2)n1. The van der Waals surface area contributed by atoms with E-state index in [9.17, 15) is 0 Å². The number of nitrogens with two attached hydrogens (primary N) is 1. The Hall–Kier alpha value is -1.08. The molecule has 0 bridgehead atoms. The quantitative estimate of drug-likeness (QED) is 0.909. The molecule has 2 fully saturated rings. The molecule has 6 nitrogen and oxygen atoms in total. The van der Waals surface area contributed by atoms with Crippen molar-refractivity contribution in [3.63, 3.8) is 0 Å². The molecule has 0 unspecified atom stereocenters. The maximum Gasteiger partial charge on any atom is 0.231 e. The Morgan fingerprint density at radius 1 is 1.05 bits per heavy atom. The maximum atomic E-state index is 5.84. The summed E-state index contributed by atoms with van der Waals surface area (Å²) in [4.78, 5) is 15.4. The van der Waals surface area contributed by atoms with Crippen molar-refractivity contribution in [2.75, 3.05) is 36.9 Å². The van der Waals surface area contributed by atoms with Crippen LogP contribution in [0.4, 0.5) is 11.9 Å². The molecule has 2 N–H and O–H groups in total. The van der Waals surface area contributed by atoms with Crippen LogP contribution in [-0.2, 0) is 4.74 Å². The number of hydrogen-bond donors (Lipinski definition) is 1. The zero-order valence-electron chi connectivity index (χ0n) is 11.6. The third-order valence-electron chi connectivity index (χ3n) is 3.70. The van der Waals surface area contributed by atoms with Gasteiger partial charge in [0.1, 0.15) is 0 Å². The molecule has 2 aliphatic rings. The van der Waals surface area contributed by atoms with Gasteiger partial charge in [0.2, 0.25) is 11.9 Å². The summed E-state index contributed by atoms with van der Waals surface area (Å²) in [7, 11) is 0. The summed E-state index contributed by atoms with van der Waals surface area (Å²) in [5, 5.41) is 1.28. The Morgan fingerprint density at radius 3 is 2.55 bits per heavy atom. The largest absolute Gasteiger partial charge is 0.381 e. The van der Waals surface area contributed by atoms with Crippen LogP contribution in [0.1, 0.15) is 32.1 Å². The number of piperidine rings is 1. The summed E-state index contributed by atoms with van der Waals surface area (Å²) < 4.78 is 5.38. The van der Waals surface area contributed by atoms with Gasteiger partial charge in [-0.15, -0.1) is 0 Å². The minimum absolute atomic E-state index is 0.329. The average molecular weight is 295 g/mol. The number of thioether (sulfide) groups is 1. The molecule has 0 spiro atoms. The lowest BCUT2D eigenvalue weighted by Gasteiger charge is -2.27. The molecular weight excluding hydrogens is 274 g/mol. The van der Waals surface area contributed by atoms with Gasteiger partial charge in [0, 0.05) is 31.6 Å². The molecule has 0 atom stereocenters. The van der Waals surface area contributed by atoms with Crippen LogP contribution in [0.5, 0.6) is 0 Å². The number of nitrogens with zero attached hydrogens (tertiary/aromatic N) is 4. The number of rotatable bonds is 3. The number of nitrogen functional groups attached to an aromatic ring is 1. The van der Waals surface area contributed by atoms with Crippen molar-refractivity contribution in [3.05, 3.63) is 0 Å². The van der Waals surface area contributed by atoms with Gasteiger partial charge in [0.15, 0.2) is 5.16 Å². The first-order valence-corrected chi connectivity index (χ1v) is 8.20. The number of hydrogen-bond acceptors (Lipinski definition) is 7. The van der Waals surface area contributed by atoms with Crippen LogP contribution >= 0.6 is 11.8 Å². The third kappa shape index (κ3) is 3.52. The van der Waals surface area contributed by atoms with Gasteiger partial charge in [-0.1, -0.05) is 11.8 Å². The molecule has 0 aromatic carbocycles. The predicted octanol–water partition coefficient (Wildman–Crippen LogP) is 1.72. The second-order valence-electron chi connectivity index (χ2n) is 5.25. The van der Waals surface area contributed by atoms with Crippen LogP contribution in [0.25, 0.3) is 0 Å². The van der Waals surface area contributed by atoms with Gasteiger partial charge in [-0.25, -0.2) is 0 Å². The van der Waals surface area contributed by atoms with Crippen molar-refractivity contribution in [2.45, 2.75) is 42.5 Å². The van der Waals surface area contributed by atoms with E-state index in [0.29, 0.717) is 11.2 Å². The van der Waals surface area contributed by atoms with Crippen molar-refractivity contribution in [2.24, 2.45) is 0 Å². The van der Waals surface area contributed by atoms with Gasteiger partial charge in [-0.3, -0.25) is 0 Å². The van der Waals surface area contributed by atoms with E-state index in [4.69, 9.17) is 10.5 Å². The van der Waals surface area contributed by atoms with E-state index in [0.717, 1.165) is 50.2 Å². The summed E-state index contributed by atoms with van der Waals surface area (Å²) in [5.41, 5.74) is 5.84. The van der Waals surface area contributed by atoms with Crippen LogP contribution in [0.2, 0.25) is 0 Å². The molecule has 0 radical (unpaired) electrons. The first-order chi connectivity index (χ1) is 9.81. The molecular formula is C13H21N5OS. The topological polar surface area (TPSA) is 77.2 Å². The number of anilines is 2. The Kier molecular flexibility index (Phi) is 4.57. The summed E-state index contributed by atoms with van der Waals surface area (Å²) in [6.07, 6.45) is 5.80. The van der Waals surface area contributed by atoms with E-state index >= 15 is 0 Å². The molecule has 2 aliphatic heterocycles. The fourth-order valence-corrected chi connectivity index (χ4v) is 3.60. The van der Waals surface area contributed by atoms with Crippen LogP contribution in [0, 0.1) is 0 Å². The highest BCUT2D eigenvalue weighted by atomic mass is 32.2. The lowest BCUT2D eigenvalue weighted by atomic mass is 10.1. The van der Waals surface area contributed by atoms with Gasteiger partial charge in [-0.2, -0.15) is 15.0 Å². The van der Waals surface area contributed by atoms with Crippen LogP contribution in [0.15, 0.2) is 5.16 Å². The standard InChI is InChI=1S/C13H21N5OS/c14-11-15-12(18-6-2-1-3-7-18)17-13(16-11)20-10-4-8-19-9-5-10/h10H,1-9H2,(H2,14,15,16,17). The average Bonchev–Trinajstić information content (AvgIpc) is 2.49. The lowest BCUT2D eigenvalue weighted by molar-refractivity contribution is 0.1000. The Bertz CT molecular complexity index is 446. The summed E-state index contributed by atoms with van der Waals surface area (Å²) in [6.45, 7) is 3.70. The van der Waals surface area contributed by atoms with Gasteiger partial charge >= 0.3 is 0 Å². The Morgan fingerprint density at radius 2 is 1.80 bits per heavy atom. The van der Waals surface area contributed by atoms with E-state index < -0.39 is 0 Å². The molecule has 1 aromatic rings. The van der Waals surface area contributed by atoms with Crippen molar-refractivity contribution in [1.29, 1.82) is 0 Å². The molecule has 0 aliphatic carbocycles. The van der Waals surface area contributed by atoms with Crippen molar-refractivity contribution >= 4 is 23.7 Å². The molecule has 110 valence electrons. The smallest absolute Gasteiger partial charge is 0.231 e. The highest BCUT2D eigenvalue weighted by Gasteiger charge is 2.19. The van der Waals surface area contributed by atoms with Crippen molar-refractivity contribution in [3.8, 4) is 0 Å². The molecule has 7 heteroatoms. The molecule has 1 aromatic heterocycles. The van der Waals surface area contributed by atoms with E-state index in [1.54, 1.807) is 11.8 Å². The number of aromatic nitrogens is 3. The normalized spacial score (nSPS) is 21.1. The van der Waals surface area contributed by atoms with Crippen molar-refractivity contribution < 1.29 is 4.74 Å². The van der Waals surface area contributed by atoms with Gasteiger partial charge in [0.05, 0.1) is 0 Å². The fraction of sp³-hybridized carbons (Fsp3) is 0.769. The molecule has 0 saturated carbocycles. The minimum atomic E-state index is 0.329. The third-order valence-corrected chi connectivity index (χ3v) is 4.90. The van der Waals surface area contributed by atoms with Crippen LogP contribution < -0.4 is 10.6 Å². The zero-order valence-corrected chi connectivity index (χ0v) is 12.4. The first kappa shape index (κ1) is 13.9. The van der Waals surface area contributed by atoms with E-state index in [1.807, 2.05) is 0 Å². The maximum absolute atomic E-state index is 5.84. The summed E-state index contributed by atoms with van der Waals surface area (Å²) in [6, 6.07) is 0. The molecule has 20 heavy (non-hydrogen) atoms. The van der Waals surface area contributed by atoms with Crippen molar-refractivity contribution in [1.82, 2.24) is 15.0 Å². The molecule has 0 amide bonds. The molecule has 3 rings (SSSR count). The Balaban J connectivity index is 1.71. The predicted molar refractivity (Wildman–Crippen MR) is 80.0 cm³/mol. The number of ether oxygens (including phenoxy) is 1. The van der Waals surface area contributed by atoms with Gasteiger partial charge in [0.25, 0.3) is 0 Å².